The van der Waals surface area contributed by atoms with Crippen molar-refractivity contribution in [2.75, 3.05) is 10.6 Å². The Morgan fingerprint density at radius 1 is 1.00 bits per heavy atom. The van der Waals surface area contributed by atoms with Crippen molar-refractivity contribution >= 4 is 29.2 Å². The van der Waals surface area contributed by atoms with Crippen molar-refractivity contribution in [3.05, 3.63) is 53.6 Å². The molecular weight excluding hydrogens is 336 g/mol. The Hall–Kier alpha value is -3.35. The second-order valence-corrected chi connectivity index (χ2v) is 5.77. The molecule has 7 nitrogen and oxygen atoms in total. The molecule has 0 aliphatic heterocycles. The van der Waals surface area contributed by atoms with Gasteiger partial charge in [0.25, 0.3) is 5.91 Å². The molecule has 7 heteroatoms. The number of rotatable bonds is 5. The highest BCUT2D eigenvalue weighted by molar-refractivity contribution is 5.98. The summed E-state index contributed by atoms with van der Waals surface area (Å²) in [4.78, 5) is 35.3. The van der Waals surface area contributed by atoms with Crippen molar-refractivity contribution in [3.8, 4) is 5.75 Å². The monoisotopic (exact) mass is 356 g/mol. The maximum Gasteiger partial charge on any atom is 0.342 e. The predicted octanol–water partition coefficient (Wildman–Crippen LogP) is 2.84. The molecule has 0 saturated heterocycles. The Bertz CT molecular complexity index is 830. The first-order valence-electron chi connectivity index (χ1n) is 7.96. The fourth-order valence-corrected chi connectivity index (χ4v) is 2.19. The lowest BCUT2D eigenvalue weighted by Crippen LogP contribution is -2.30. The van der Waals surface area contributed by atoms with Gasteiger partial charge in [-0.3, -0.25) is 9.59 Å². The summed E-state index contributed by atoms with van der Waals surface area (Å²) in [5.74, 6) is -1.66. The third-order valence-electron chi connectivity index (χ3n) is 3.58. The smallest absolute Gasteiger partial charge is 0.342 e. The molecule has 0 fully saturated rings. The summed E-state index contributed by atoms with van der Waals surface area (Å²) in [6, 6.07) is 11.2. The van der Waals surface area contributed by atoms with Crippen molar-refractivity contribution in [1.29, 1.82) is 0 Å². The average molecular weight is 356 g/mol. The van der Waals surface area contributed by atoms with E-state index in [-0.39, 0.29) is 17.2 Å². The SMILES string of the molecule is CC(=O)Nc1ccc(NC(=O)[C@H](C)OC(=O)c2cccc(C)c2O)cc1. The summed E-state index contributed by atoms with van der Waals surface area (Å²) in [5, 5.41) is 15.1. The molecule has 0 aliphatic carbocycles. The van der Waals surface area contributed by atoms with Gasteiger partial charge in [0.15, 0.2) is 6.10 Å². The minimum absolute atomic E-state index is 0.00399. The van der Waals surface area contributed by atoms with Gasteiger partial charge in [0, 0.05) is 18.3 Å². The molecule has 26 heavy (non-hydrogen) atoms. The normalized spacial score (nSPS) is 11.3. The van der Waals surface area contributed by atoms with Gasteiger partial charge >= 0.3 is 5.97 Å². The number of nitrogens with one attached hydrogen (secondary N) is 2. The second kappa shape index (κ2) is 8.15. The van der Waals surface area contributed by atoms with Crippen LogP contribution in [-0.2, 0) is 14.3 Å². The Balaban J connectivity index is 1.97. The molecule has 136 valence electrons. The van der Waals surface area contributed by atoms with Gasteiger partial charge in [-0.15, -0.1) is 0 Å². The topological polar surface area (TPSA) is 105 Å². The van der Waals surface area contributed by atoms with E-state index in [0.717, 1.165) is 0 Å². The largest absolute Gasteiger partial charge is 0.507 e. The van der Waals surface area contributed by atoms with Crippen LogP contribution >= 0.6 is 0 Å². The number of phenols is 1. The van der Waals surface area contributed by atoms with Gasteiger partial charge in [-0.05, 0) is 49.7 Å². The number of phenolic OH excluding ortho intramolecular Hbond substituents is 1. The standard InChI is InChI=1S/C19H20N2O5/c1-11-5-4-6-16(17(11)23)19(25)26-12(2)18(24)21-15-9-7-14(8-10-15)20-13(3)22/h4-10,12,23H,1-3H3,(H,20,22)(H,21,24)/t12-/m0/s1. The number of amides is 2. The maximum absolute atomic E-state index is 12.2. The molecule has 2 rings (SSSR count). The van der Waals surface area contributed by atoms with E-state index < -0.39 is 18.0 Å². The number of carbonyl (C=O) groups is 3. The number of esters is 1. The van der Waals surface area contributed by atoms with Crippen molar-refractivity contribution < 1.29 is 24.2 Å². The third kappa shape index (κ3) is 4.83. The lowest BCUT2D eigenvalue weighted by Gasteiger charge is -2.14. The number of carbonyl (C=O) groups excluding carboxylic acids is 3. The van der Waals surface area contributed by atoms with Crippen LogP contribution in [-0.4, -0.2) is 29.0 Å². The molecule has 0 saturated carbocycles. The van der Waals surface area contributed by atoms with E-state index in [1.807, 2.05) is 0 Å². The van der Waals surface area contributed by atoms with E-state index in [0.29, 0.717) is 16.9 Å². The lowest BCUT2D eigenvalue weighted by atomic mass is 10.1. The highest BCUT2D eigenvalue weighted by Gasteiger charge is 2.21. The highest BCUT2D eigenvalue weighted by atomic mass is 16.5. The summed E-state index contributed by atoms with van der Waals surface area (Å²) < 4.78 is 5.11. The Kier molecular flexibility index (Phi) is 5.95. The molecule has 0 aromatic heterocycles. The number of aryl methyl sites for hydroxylation is 1. The molecule has 0 spiro atoms. The summed E-state index contributed by atoms with van der Waals surface area (Å²) >= 11 is 0. The molecule has 2 aromatic carbocycles. The minimum atomic E-state index is -1.06. The fourth-order valence-electron chi connectivity index (χ4n) is 2.19. The van der Waals surface area contributed by atoms with Gasteiger partial charge in [0.2, 0.25) is 5.91 Å². The van der Waals surface area contributed by atoms with Crippen LogP contribution < -0.4 is 10.6 Å². The molecule has 0 unspecified atom stereocenters. The fraction of sp³-hybridized carbons (Fsp3) is 0.211. The predicted molar refractivity (Wildman–Crippen MR) is 97.1 cm³/mol. The van der Waals surface area contributed by atoms with Crippen LogP contribution in [0.1, 0.15) is 29.8 Å². The van der Waals surface area contributed by atoms with Crippen LogP contribution in [0.25, 0.3) is 0 Å². The Morgan fingerprint density at radius 3 is 2.15 bits per heavy atom. The van der Waals surface area contributed by atoms with Gasteiger partial charge in [-0.2, -0.15) is 0 Å². The zero-order valence-electron chi connectivity index (χ0n) is 14.7. The number of aromatic hydroxyl groups is 1. The van der Waals surface area contributed by atoms with Gasteiger partial charge in [-0.1, -0.05) is 12.1 Å². The van der Waals surface area contributed by atoms with E-state index in [9.17, 15) is 19.5 Å². The zero-order chi connectivity index (χ0) is 19.3. The second-order valence-electron chi connectivity index (χ2n) is 5.77. The first-order chi connectivity index (χ1) is 12.3. The van der Waals surface area contributed by atoms with Crippen LogP contribution in [0, 0.1) is 6.92 Å². The van der Waals surface area contributed by atoms with Crippen molar-refractivity contribution in [1.82, 2.24) is 0 Å². The number of ether oxygens (including phenoxy) is 1. The molecule has 0 heterocycles. The number of anilines is 2. The van der Waals surface area contributed by atoms with E-state index >= 15 is 0 Å². The van der Waals surface area contributed by atoms with Crippen LogP contribution in [0.4, 0.5) is 11.4 Å². The number of hydrogen-bond donors (Lipinski definition) is 3. The molecule has 3 N–H and O–H groups in total. The van der Waals surface area contributed by atoms with E-state index in [1.54, 1.807) is 43.3 Å². The maximum atomic E-state index is 12.2. The quantitative estimate of drug-likeness (QED) is 0.715. The van der Waals surface area contributed by atoms with Gasteiger partial charge in [-0.25, -0.2) is 4.79 Å². The third-order valence-corrected chi connectivity index (χ3v) is 3.58. The molecule has 0 aliphatic rings. The summed E-state index contributed by atoms with van der Waals surface area (Å²) in [5.41, 5.74) is 1.63. The zero-order valence-corrected chi connectivity index (χ0v) is 14.7. The van der Waals surface area contributed by atoms with E-state index in [1.165, 1.54) is 19.9 Å². The number of para-hydroxylation sites is 1. The van der Waals surface area contributed by atoms with E-state index in [4.69, 9.17) is 4.74 Å². The van der Waals surface area contributed by atoms with E-state index in [2.05, 4.69) is 10.6 Å². The minimum Gasteiger partial charge on any atom is -0.507 e. The van der Waals surface area contributed by atoms with Crippen LogP contribution in [0.5, 0.6) is 5.75 Å². The van der Waals surface area contributed by atoms with Crippen LogP contribution in [0.2, 0.25) is 0 Å². The summed E-state index contributed by atoms with van der Waals surface area (Å²) in [7, 11) is 0. The highest BCUT2D eigenvalue weighted by Crippen LogP contribution is 2.22. The summed E-state index contributed by atoms with van der Waals surface area (Å²) in [6.07, 6.45) is -1.06. The lowest BCUT2D eigenvalue weighted by molar-refractivity contribution is -0.123. The average Bonchev–Trinajstić information content (AvgIpc) is 2.58. The van der Waals surface area contributed by atoms with Gasteiger partial charge in [0.1, 0.15) is 11.3 Å². The molecule has 2 amide bonds. The number of hydrogen-bond acceptors (Lipinski definition) is 5. The van der Waals surface area contributed by atoms with Crippen molar-refractivity contribution in [3.63, 3.8) is 0 Å². The van der Waals surface area contributed by atoms with Crippen LogP contribution in [0.3, 0.4) is 0 Å². The van der Waals surface area contributed by atoms with Gasteiger partial charge < -0.3 is 20.5 Å². The van der Waals surface area contributed by atoms with Crippen molar-refractivity contribution in [2.24, 2.45) is 0 Å². The Labute approximate surface area is 151 Å². The number of benzene rings is 2. The first-order valence-corrected chi connectivity index (χ1v) is 7.96. The molecular formula is C19H20N2O5. The van der Waals surface area contributed by atoms with Crippen LogP contribution in [0.15, 0.2) is 42.5 Å². The van der Waals surface area contributed by atoms with Gasteiger partial charge in [0.05, 0.1) is 0 Å². The first kappa shape index (κ1) is 19.0. The Morgan fingerprint density at radius 2 is 1.58 bits per heavy atom. The summed E-state index contributed by atoms with van der Waals surface area (Å²) in [6.45, 7) is 4.50. The molecule has 1 atom stereocenters. The molecule has 2 aromatic rings. The molecule has 0 radical (unpaired) electrons. The van der Waals surface area contributed by atoms with Crippen molar-refractivity contribution in [2.45, 2.75) is 26.9 Å². The molecule has 0 bridgehead atoms.